The van der Waals surface area contributed by atoms with Gasteiger partial charge >= 0.3 is 0 Å². The van der Waals surface area contributed by atoms with Crippen molar-refractivity contribution in [2.75, 3.05) is 22.4 Å². The Morgan fingerprint density at radius 2 is 1.92 bits per heavy atom. The highest BCUT2D eigenvalue weighted by atomic mass is 35.5. The Hall–Kier alpha value is -2.19. The number of hydrogen-bond acceptors (Lipinski definition) is 3. The van der Waals surface area contributed by atoms with Crippen LogP contribution in [-0.4, -0.2) is 27.1 Å². The van der Waals surface area contributed by atoms with E-state index in [2.05, 4.69) is 5.32 Å². The summed E-state index contributed by atoms with van der Waals surface area (Å²) in [7, 11) is -3.70. The van der Waals surface area contributed by atoms with E-state index in [1.807, 2.05) is 0 Å². The number of carbonyl (C=O) groups excluding carboxylic acids is 1. The number of sulfonamides is 1. The number of hydrogen-bond donors (Lipinski definition) is 1. The zero-order valence-corrected chi connectivity index (χ0v) is 14.7. The molecule has 0 spiro atoms. The molecule has 1 amide bonds. The van der Waals surface area contributed by atoms with E-state index in [4.69, 9.17) is 11.6 Å². The third kappa shape index (κ3) is 5.40. The van der Waals surface area contributed by atoms with Gasteiger partial charge in [-0.25, -0.2) is 17.2 Å². The van der Waals surface area contributed by atoms with Crippen LogP contribution < -0.4 is 9.62 Å². The van der Waals surface area contributed by atoms with Crippen LogP contribution in [0.4, 0.5) is 20.2 Å². The minimum absolute atomic E-state index is 0.125. The average molecular weight is 389 g/mol. The fourth-order valence-electron chi connectivity index (χ4n) is 2.12. The van der Waals surface area contributed by atoms with Crippen molar-refractivity contribution in [2.45, 2.75) is 6.42 Å². The number of amides is 1. The molecule has 0 saturated carbocycles. The van der Waals surface area contributed by atoms with Crippen LogP contribution in [0.1, 0.15) is 6.42 Å². The van der Waals surface area contributed by atoms with E-state index in [-0.39, 0.29) is 29.4 Å². The summed E-state index contributed by atoms with van der Waals surface area (Å²) in [5.41, 5.74) is 0.410. The van der Waals surface area contributed by atoms with Gasteiger partial charge in [-0.3, -0.25) is 9.10 Å². The fraction of sp³-hybridized carbons (Fsp3) is 0.188. The van der Waals surface area contributed by atoms with Crippen molar-refractivity contribution >= 4 is 38.9 Å². The molecule has 0 radical (unpaired) electrons. The SMILES string of the molecule is CS(=O)(=O)N(CCC(=O)Nc1ccc(F)c(Cl)c1)c1cccc(F)c1. The van der Waals surface area contributed by atoms with Crippen molar-refractivity contribution in [2.24, 2.45) is 0 Å². The van der Waals surface area contributed by atoms with E-state index in [0.717, 1.165) is 22.7 Å². The molecule has 134 valence electrons. The van der Waals surface area contributed by atoms with E-state index in [1.54, 1.807) is 0 Å². The van der Waals surface area contributed by atoms with Crippen LogP contribution in [0.15, 0.2) is 42.5 Å². The molecule has 9 heteroatoms. The molecule has 0 aliphatic carbocycles. The van der Waals surface area contributed by atoms with Gasteiger partial charge in [0.1, 0.15) is 11.6 Å². The summed E-state index contributed by atoms with van der Waals surface area (Å²) in [6.45, 7) is -0.178. The topological polar surface area (TPSA) is 66.5 Å². The lowest BCUT2D eigenvalue weighted by molar-refractivity contribution is -0.116. The van der Waals surface area contributed by atoms with Crippen molar-refractivity contribution < 1.29 is 22.0 Å². The van der Waals surface area contributed by atoms with Gasteiger partial charge in [0.05, 0.1) is 17.0 Å². The van der Waals surface area contributed by atoms with Crippen LogP contribution in [0.3, 0.4) is 0 Å². The van der Waals surface area contributed by atoms with E-state index in [0.29, 0.717) is 0 Å². The van der Waals surface area contributed by atoms with Gasteiger partial charge in [0.25, 0.3) is 0 Å². The summed E-state index contributed by atoms with van der Waals surface area (Å²) in [6.07, 6.45) is 0.786. The maximum atomic E-state index is 13.3. The van der Waals surface area contributed by atoms with Gasteiger partial charge in [-0.15, -0.1) is 0 Å². The van der Waals surface area contributed by atoms with E-state index in [9.17, 15) is 22.0 Å². The molecule has 0 saturated heterocycles. The van der Waals surface area contributed by atoms with Gasteiger partial charge in [-0.2, -0.15) is 0 Å². The molecule has 0 aliphatic heterocycles. The van der Waals surface area contributed by atoms with Gasteiger partial charge in [0.2, 0.25) is 15.9 Å². The van der Waals surface area contributed by atoms with Crippen LogP contribution in [0.25, 0.3) is 0 Å². The Morgan fingerprint density at radius 1 is 1.20 bits per heavy atom. The number of anilines is 2. The number of nitrogens with zero attached hydrogens (tertiary/aromatic N) is 1. The standard InChI is InChI=1S/C16H15ClF2N2O3S/c1-25(23,24)21(13-4-2-3-11(18)9-13)8-7-16(22)20-12-5-6-15(19)14(17)10-12/h2-6,9-10H,7-8H2,1H3,(H,20,22). The Bertz CT molecular complexity index is 891. The summed E-state index contributed by atoms with van der Waals surface area (Å²) < 4.78 is 51.2. The number of nitrogens with one attached hydrogen (secondary N) is 1. The van der Waals surface area contributed by atoms with Crippen LogP contribution >= 0.6 is 11.6 Å². The highest BCUT2D eigenvalue weighted by Crippen LogP contribution is 2.21. The molecule has 2 rings (SSSR count). The first-order valence-corrected chi connectivity index (χ1v) is 9.37. The maximum Gasteiger partial charge on any atom is 0.232 e. The highest BCUT2D eigenvalue weighted by Gasteiger charge is 2.19. The molecule has 0 aliphatic rings. The van der Waals surface area contributed by atoms with Crippen molar-refractivity contribution in [1.29, 1.82) is 0 Å². The summed E-state index contributed by atoms with van der Waals surface area (Å²) in [5.74, 6) is -1.70. The van der Waals surface area contributed by atoms with Gasteiger partial charge in [0.15, 0.2) is 0 Å². The van der Waals surface area contributed by atoms with Crippen molar-refractivity contribution in [1.82, 2.24) is 0 Å². The molecule has 0 atom stereocenters. The lowest BCUT2D eigenvalue weighted by Gasteiger charge is -2.22. The Labute approximate surface area is 149 Å². The maximum absolute atomic E-state index is 13.3. The minimum atomic E-state index is -3.70. The molecular weight excluding hydrogens is 374 g/mol. The highest BCUT2D eigenvalue weighted by molar-refractivity contribution is 7.92. The van der Waals surface area contributed by atoms with Crippen molar-refractivity contribution in [3.8, 4) is 0 Å². The first-order valence-electron chi connectivity index (χ1n) is 7.15. The third-order valence-corrected chi connectivity index (χ3v) is 4.73. The molecule has 25 heavy (non-hydrogen) atoms. The van der Waals surface area contributed by atoms with Gasteiger partial charge < -0.3 is 5.32 Å². The number of rotatable bonds is 6. The summed E-state index contributed by atoms with van der Waals surface area (Å²) in [4.78, 5) is 12.0. The molecule has 5 nitrogen and oxygen atoms in total. The van der Waals surface area contributed by atoms with Gasteiger partial charge in [0, 0.05) is 18.7 Å². The summed E-state index contributed by atoms with van der Waals surface area (Å²) in [5, 5.41) is 2.35. The van der Waals surface area contributed by atoms with Crippen molar-refractivity contribution in [3.63, 3.8) is 0 Å². The third-order valence-electron chi connectivity index (χ3n) is 3.24. The molecule has 0 bridgehead atoms. The normalized spacial score (nSPS) is 11.2. The van der Waals surface area contributed by atoms with E-state index < -0.39 is 27.6 Å². The first kappa shape index (κ1) is 19.1. The molecule has 0 heterocycles. The Balaban J connectivity index is 2.07. The van der Waals surface area contributed by atoms with Crippen LogP contribution in [-0.2, 0) is 14.8 Å². The van der Waals surface area contributed by atoms with Crippen LogP contribution in [0.5, 0.6) is 0 Å². The second kappa shape index (κ2) is 7.79. The van der Waals surface area contributed by atoms with Crippen LogP contribution in [0.2, 0.25) is 5.02 Å². The number of carbonyl (C=O) groups is 1. The molecule has 0 unspecified atom stereocenters. The number of benzene rings is 2. The molecule has 1 N–H and O–H groups in total. The molecule has 2 aromatic carbocycles. The van der Waals surface area contributed by atoms with E-state index in [1.165, 1.54) is 30.3 Å². The van der Waals surface area contributed by atoms with Crippen molar-refractivity contribution in [3.05, 3.63) is 59.1 Å². The smallest absolute Gasteiger partial charge is 0.232 e. The molecule has 2 aromatic rings. The summed E-state index contributed by atoms with van der Waals surface area (Å²) >= 11 is 5.63. The second-order valence-electron chi connectivity index (χ2n) is 5.24. The zero-order valence-electron chi connectivity index (χ0n) is 13.2. The minimum Gasteiger partial charge on any atom is -0.326 e. The molecule has 0 fully saturated rings. The Morgan fingerprint density at radius 3 is 2.52 bits per heavy atom. The zero-order chi connectivity index (χ0) is 18.6. The Kier molecular flexibility index (Phi) is 5.97. The number of halogens is 3. The fourth-order valence-corrected chi connectivity index (χ4v) is 3.22. The molecular formula is C16H15ClF2N2O3S. The summed E-state index contributed by atoms with van der Waals surface area (Å²) in [6, 6.07) is 8.75. The lowest BCUT2D eigenvalue weighted by Crippen LogP contribution is -2.33. The second-order valence-corrected chi connectivity index (χ2v) is 7.56. The van der Waals surface area contributed by atoms with Gasteiger partial charge in [-0.1, -0.05) is 17.7 Å². The lowest BCUT2D eigenvalue weighted by atomic mass is 10.2. The van der Waals surface area contributed by atoms with Crippen LogP contribution in [0, 0.1) is 11.6 Å². The molecule has 0 aromatic heterocycles. The predicted molar refractivity (Wildman–Crippen MR) is 93.2 cm³/mol. The largest absolute Gasteiger partial charge is 0.326 e. The first-order chi connectivity index (χ1) is 11.7. The predicted octanol–water partition coefficient (Wildman–Crippen LogP) is 3.41. The quantitative estimate of drug-likeness (QED) is 0.824. The average Bonchev–Trinajstić information content (AvgIpc) is 2.50. The van der Waals surface area contributed by atoms with Gasteiger partial charge in [-0.05, 0) is 36.4 Å². The monoisotopic (exact) mass is 388 g/mol. The van der Waals surface area contributed by atoms with E-state index >= 15 is 0 Å².